The first-order chi connectivity index (χ1) is 9.70. The van der Waals surface area contributed by atoms with Crippen molar-refractivity contribution in [2.45, 2.75) is 11.8 Å². The molecule has 0 aliphatic heterocycles. The van der Waals surface area contributed by atoms with Crippen molar-refractivity contribution in [1.82, 2.24) is 4.98 Å². The number of hydrogen-bond donors (Lipinski definition) is 2. The summed E-state index contributed by atoms with van der Waals surface area (Å²) in [6.07, 6.45) is 1.22. The molecular formula is C12H10BrClFN3O2S. The van der Waals surface area contributed by atoms with Gasteiger partial charge < -0.3 is 5.73 Å². The summed E-state index contributed by atoms with van der Waals surface area (Å²) in [4.78, 5) is 3.27. The molecule has 2 aromatic rings. The zero-order valence-electron chi connectivity index (χ0n) is 10.7. The van der Waals surface area contributed by atoms with E-state index in [1.165, 1.54) is 25.3 Å². The Morgan fingerprint density at radius 1 is 1.38 bits per heavy atom. The van der Waals surface area contributed by atoms with E-state index in [2.05, 4.69) is 25.6 Å². The first kappa shape index (κ1) is 16.0. The Balaban J connectivity index is 2.45. The molecule has 2 rings (SSSR count). The van der Waals surface area contributed by atoms with Crippen molar-refractivity contribution in [2.24, 2.45) is 0 Å². The maximum Gasteiger partial charge on any atom is 0.264 e. The topological polar surface area (TPSA) is 85.1 Å². The van der Waals surface area contributed by atoms with Gasteiger partial charge in [-0.1, -0.05) is 11.6 Å². The van der Waals surface area contributed by atoms with E-state index in [9.17, 15) is 12.8 Å². The van der Waals surface area contributed by atoms with Crippen molar-refractivity contribution in [3.63, 3.8) is 0 Å². The van der Waals surface area contributed by atoms with E-state index >= 15 is 0 Å². The predicted octanol–water partition coefficient (Wildman–Crippen LogP) is 3.33. The second kappa shape index (κ2) is 5.78. The van der Waals surface area contributed by atoms with Crippen molar-refractivity contribution in [2.75, 3.05) is 10.5 Å². The van der Waals surface area contributed by atoms with E-state index < -0.39 is 20.7 Å². The maximum absolute atomic E-state index is 14.0. The van der Waals surface area contributed by atoms with Crippen LogP contribution < -0.4 is 10.5 Å². The summed E-state index contributed by atoms with van der Waals surface area (Å²) in [6, 6.07) is 3.84. The fourth-order valence-electron chi connectivity index (χ4n) is 1.65. The summed E-state index contributed by atoms with van der Waals surface area (Å²) in [6.45, 7) is 1.44. The molecule has 0 aliphatic rings. The van der Waals surface area contributed by atoms with Crippen LogP contribution in [-0.2, 0) is 10.0 Å². The van der Waals surface area contributed by atoms with Gasteiger partial charge in [-0.25, -0.2) is 17.8 Å². The molecule has 1 aromatic carbocycles. The number of hydrogen-bond acceptors (Lipinski definition) is 4. The highest BCUT2D eigenvalue weighted by Gasteiger charge is 2.21. The highest BCUT2D eigenvalue weighted by Crippen LogP contribution is 2.27. The Morgan fingerprint density at radius 2 is 2.05 bits per heavy atom. The van der Waals surface area contributed by atoms with Crippen LogP contribution in [0.5, 0.6) is 0 Å². The quantitative estimate of drug-likeness (QED) is 0.618. The Hall–Kier alpha value is -1.38. The maximum atomic E-state index is 14.0. The van der Waals surface area contributed by atoms with Crippen LogP contribution >= 0.6 is 27.5 Å². The van der Waals surface area contributed by atoms with Gasteiger partial charge in [-0.2, -0.15) is 0 Å². The number of pyridine rings is 1. The lowest BCUT2D eigenvalue weighted by Gasteiger charge is -2.11. The zero-order chi connectivity index (χ0) is 15.8. The lowest BCUT2D eigenvalue weighted by molar-refractivity contribution is 0.565. The van der Waals surface area contributed by atoms with E-state index in [0.29, 0.717) is 4.47 Å². The molecular weight excluding hydrogens is 385 g/mol. The third kappa shape index (κ3) is 3.45. The molecule has 0 bridgehead atoms. The Labute approximate surface area is 134 Å². The lowest BCUT2D eigenvalue weighted by Crippen LogP contribution is -2.16. The molecule has 0 unspecified atom stereocenters. The second-order valence-corrected chi connectivity index (χ2v) is 7.12. The van der Waals surface area contributed by atoms with Crippen LogP contribution in [0.15, 0.2) is 33.8 Å². The van der Waals surface area contributed by atoms with Crippen LogP contribution in [0, 0.1) is 12.7 Å². The number of sulfonamides is 1. The molecule has 0 radical (unpaired) electrons. The van der Waals surface area contributed by atoms with Gasteiger partial charge in [-0.05, 0) is 46.6 Å². The van der Waals surface area contributed by atoms with Crippen LogP contribution in [0.1, 0.15) is 5.56 Å². The standard InChI is InChI=1S/C12H10BrClFN3O2S/c1-6-2-7(16)3-10(11(6)15)21(19,20)18-8-4-9(13)12(14)17-5-8/h2-5,18H,16H2,1H3. The molecule has 0 spiro atoms. The monoisotopic (exact) mass is 393 g/mol. The summed E-state index contributed by atoms with van der Waals surface area (Å²) >= 11 is 8.85. The van der Waals surface area contributed by atoms with Gasteiger partial charge in [0.25, 0.3) is 10.0 Å². The minimum Gasteiger partial charge on any atom is -0.399 e. The number of halogens is 3. The zero-order valence-corrected chi connectivity index (χ0v) is 13.9. The highest BCUT2D eigenvalue weighted by atomic mass is 79.9. The molecule has 5 nitrogen and oxygen atoms in total. The minimum absolute atomic E-state index is 0.144. The molecule has 0 aliphatic carbocycles. The summed E-state index contributed by atoms with van der Waals surface area (Å²) in [5.41, 5.74) is 6.01. The number of rotatable bonds is 3. The normalized spacial score (nSPS) is 11.4. The second-order valence-electron chi connectivity index (χ2n) is 4.25. The first-order valence-corrected chi connectivity index (χ1v) is 8.25. The van der Waals surface area contributed by atoms with Crippen LogP contribution in [0.2, 0.25) is 5.15 Å². The van der Waals surface area contributed by atoms with Crippen LogP contribution in [0.3, 0.4) is 0 Å². The van der Waals surface area contributed by atoms with E-state index in [1.54, 1.807) is 0 Å². The number of nitrogen functional groups attached to an aromatic ring is 1. The smallest absolute Gasteiger partial charge is 0.264 e. The number of aromatic nitrogens is 1. The molecule has 1 heterocycles. The molecule has 3 N–H and O–H groups in total. The Kier molecular flexibility index (Phi) is 4.40. The van der Waals surface area contributed by atoms with Gasteiger partial charge in [0, 0.05) is 5.69 Å². The minimum atomic E-state index is -4.13. The molecule has 112 valence electrons. The van der Waals surface area contributed by atoms with Crippen LogP contribution in [0.4, 0.5) is 15.8 Å². The summed E-state index contributed by atoms with van der Waals surface area (Å²) in [5.74, 6) is -0.849. The molecule has 0 atom stereocenters. The predicted molar refractivity (Wildman–Crippen MR) is 83.3 cm³/mol. The van der Waals surface area contributed by atoms with E-state index in [1.807, 2.05) is 0 Å². The van der Waals surface area contributed by atoms with Crippen molar-refractivity contribution < 1.29 is 12.8 Å². The van der Waals surface area contributed by atoms with E-state index in [4.69, 9.17) is 17.3 Å². The van der Waals surface area contributed by atoms with Crippen molar-refractivity contribution in [1.29, 1.82) is 0 Å². The third-order valence-corrected chi connectivity index (χ3v) is 5.10. The fourth-order valence-corrected chi connectivity index (χ4v) is 3.32. The number of anilines is 2. The number of nitrogens with zero attached hydrogens (tertiary/aromatic N) is 1. The van der Waals surface area contributed by atoms with E-state index in [-0.39, 0.29) is 22.1 Å². The fraction of sp³-hybridized carbons (Fsp3) is 0.0833. The number of nitrogens with two attached hydrogens (primary N) is 1. The van der Waals surface area contributed by atoms with Gasteiger partial charge >= 0.3 is 0 Å². The number of nitrogens with one attached hydrogen (secondary N) is 1. The summed E-state index contributed by atoms with van der Waals surface area (Å²) in [7, 11) is -4.13. The van der Waals surface area contributed by atoms with Gasteiger partial charge in [0.1, 0.15) is 15.9 Å². The Morgan fingerprint density at radius 3 is 2.67 bits per heavy atom. The van der Waals surface area contributed by atoms with Gasteiger partial charge in [-0.15, -0.1) is 0 Å². The Bertz CT molecular complexity index is 814. The molecule has 21 heavy (non-hydrogen) atoms. The molecule has 0 saturated carbocycles. The van der Waals surface area contributed by atoms with Crippen molar-refractivity contribution >= 4 is 48.9 Å². The molecule has 1 aromatic heterocycles. The average molecular weight is 395 g/mol. The van der Waals surface area contributed by atoms with Gasteiger partial charge in [0.15, 0.2) is 0 Å². The van der Waals surface area contributed by atoms with Gasteiger partial charge in [0.05, 0.1) is 16.4 Å². The van der Waals surface area contributed by atoms with Gasteiger partial charge in [-0.3, -0.25) is 4.72 Å². The third-order valence-electron chi connectivity index (χ3n) is 2.58. The lowest BCUT2D eigenvalue weighted by atomic mass is 10.2. The average Bonchev–Trinajstić information content (AvgIpc) is 2.37. The summed E-state index contributed by atoms with van der Waals surface area (Å²) < 4.78 is 41.1. The van der Waals surface area contributed by atoms with Crippen LogP contribution in [-0.4, -0.2) is 13.4 Å². The molecule has 0 amide bonds. The number of benzene rings is 1. The summed E-state index contributed by atoms with van der Waals surface area (Å²) in [5, 5.41) is 0.184. The van der Waals surface area contributed by atoms with Crippen molar-refractivity contribution in [3.05, 3.63) is 45.4 Å². The van der Waals surface area contributed by atoms with E-state index in [0.717, 1.165) is 6.07 Å². The first-order valence-electron chi connectivity index (χ1n) is 5.60. The van der Waals surface area contributed by atoms with Crippen molar-refractivity contribution in [3.8, 4) is 0 Å². The molecule has 0 saturated heterocycles. The SMILES string of the molecule is Cc1cc(N)cc(S(=O)(=O)Nc2cnc(Cl)c(Br)c2)c1F. The molecule has 0 fully saturated rings. The largest absolute Gasteiger partial charge is 0.399 e. The van der Waals surface area contributed by atoms with Gasteiger partial charge in [0.2, 0.25) is 0 Å². The number of aryl methyl sites for hydroxylation is 1. The van der Waals surface area contributed by atoms with Crippen LogP contribution in [0.25, 0.3) is 0 Å². The highest BCUT2D eigenvalue weighted by molar-refractivity contribution is 9.10. The molecule has 9 heteroatoms.